The standard InChI is InChI=1S/C14H17ClF2N2O3S/c1-2-23(20)22-4-3-21-19-14-5-9(8-18-14)10-6-13(17)11(15)7-12(10)16/h6-7,9H,2-5,8H2,1H3,(H,18,19). The Balaban J connectivity index is 1.78. The molecule has 1 aliphatic heterocycles. The molecule has 2 rings (SSSR count). The van der Waals surface area contributed by atoms with E-state index in [1.165, 1.54) is 0 Å². The molecule has 23 heavy (non-hydrogen) atoms. The minimum atomic E-state index is -1.30. The Bertz CT molecular complexity index is 616. The maximum absolute atomic E-state index is 13.9. The number of hydroxylamine groups is 1. The molecule has 0 spiro atoms. The van der Waals surface area contributed by atoms with Crippen LogP contribution < -0.4 is 5.48 Å². The average Bonchev–Trinajstić information content (AvgIpc) is 2.99. The molecule has 1 aromatic carbocycles. The van der Waals surface area contributed by atoms with E-state index in [-0.39, 0.29) is 29.7 Å². The Kier molecular flexibility index (Phi) is 6.88. The summed E-state index contributed by atoms with van der Waals surface area (Å²) in [5, 5.41) is -0.240. The fraction of sp³-hybridized carbons (Fsp3) is 0.500. The number of rotatable bonds is 7. The summed E-state index contributed by atoms with van der Waals surface area (Å²) in [7, 11) is 0. The normalized spacial score (nSPS) is 18.8. The van der Waals surface area contributed by atoms with Crippen molar-refractivity contribution >= 4 is 28.5 Å². The van der Waals surface area contributed by atoms with Crippen molar-refractivity contribution in [3.05, 3.63) is 34.4 Å². The first-order chi connectivity index (χ1) is 11.0. The van der Waals surface area contributed by atoms with Gasteiger partial charge in [-0.15, -0.1) is 0 Å². The molecule has 0 bridgehead atoms. The van der Waals surface area contributed by atoms with E-state index in [4.69, 9.17) is 20.6 Å². The monoisotopic (exact) mass is 366 g/mol. The minimum absolute atomic E-state index is 0.182. The van der Waals surface area contributed by atoms with Gasteiger partial charge in [0.2, 0.25) is 0 Å². The van der Waals surface area contributed by atoms with E-state index in [9.17, 15) is 13.0 Å². The van der Waals surface area contributed by atoms with Gasteiger partial charge in [-0.3, -0.25) is 19.5 Å². The van der Waals surface area contributed by atoms with Crippen molar-refractivity contribution < 1.29 is 22.0 Å². The number of aliphatic imine (C=N–C) groups is 1. The van der Waals surface area contributed by atoms with Crippen LogP contribution in [0.3, 0.4) is 0 Å². The first-order valence-corrected chi connectivity index (χ1v) is 8.70. The van der Waals surface area contributed by atoms with Crippen molar-refractivity contribution in [2.24, 2.45) is 4.99 Å². The molecule has 0 aliphatic carbocycles. The molecule has 1 aromatic rings. The van der Waals surface area contributed by atoms with E-state index in [0.29, 0.717) is 24.6 Å². The summed E-state index contributed by atoms with van der Waals surface area (Å²) >= 11 is 4.25. The highest BCUT2D eigenvalue weighted by molar-refractivity contribution is 7.80. The second-order valence-electron chi connectivity index (χ2n) is 4.84. The first kappa shape index (κ1) is 18.3. The van der Waals surface area contributed by atoms with Gasteiger partial charge in [-0.1, -0.05) is 18.5 Å². The molecule has 0 saturated carbocycles. The van der Waals surface area contributed by atoms with Crippen molar-refractivity contribution in [1.29, 1.82) is 0 Å². The van der Waals surface area contributed by atoms with Crippen molar-refractivity contribution in [1.82, 2.24) is 5.48 Å². The predicted molar refractivity (Wildman–Crippen MR) is 84.8 cm³/mol. The van der Waals surface area contributed by atoms with Crippen LogP contribution in [0.15, 0.2) is 17.1 Å². The van der Waals surface area contributed by atoms with E-state index in [1.807, 2.05) is 0 Å². The largest absolute Gasteiger partial charge is 0.288 e. The zero-order valence-corrected chi connectivity index (χ0v) is 14.1. The Morgan fingerprint density at radius 2 is 2.17 bits per heavy atom. The van der Waals surface area contributed by atoms with Gasteiger partial charge >= 0.3 is 0 Å². The molecule has 0 saturated heterocycles. The third kappa shape index (κ3) is 5.20. The van der Waals surface area contributed by atoms with Crippen molar-refractivity contribution in [3.63, 3.8) is 0 Å². The quantitative estimate of drug-likeness (QED) is 0.458. The van der Waals surface area contributed by atoms with Crippen LogP contribution in [-0.4, -0.2) is 35.6 Å². The van der Waals surface area contributed by atoms with E-state index < -0.39 is 22.7 Å². The number of benzene rings is 1. The van der Waals surface area contributed by atoms with Gasteiger partial charge in [0.05, 0.1) is 18.2 Å². The van der Waals surface area contributed by atoms with Crippen LogP contribution in [-0.2, 0) is 20.1 Å². The molecule has 0 aromatic heterocycles. The van der Waals surface area contributed by atoms with Crippen molar-refractivity contribution in [2.75, 3.05) is 25.5 Å². The molecule has 2 unspecified atom stereocenters. The SMILES string of the molecule is CCS(=O)OCCONC1=NCC(c2cc(F)c(Cl)cc2F)C1. The third-order valence-corrected chi connectivity index (χ3v) is 4.44. The molecule has 2 atom stereocenters. The van der Waals surface area contributed by atoms with Crippen LogP contribution in [0.4, 0.5) is 8.78 Å². The highest BCUT2D eigenvalue weighted by Gasteiger charge is 2.24. The second kappa shape index (κ2) is 8.68. The van der Waals surface area contributed by atoms with Crippen molar-refractivity contribution in [3.8, 4) is 0 Å². The Morgan fingerprint density at radius 3 is 2.91 bits per heavy atom. The van der Waals surface area contributed by atoms with Gasteiger partial charge in [0.15, 0.2) is 11.1 Å². The average molecular weight is 367 g/mol. The summed E-state index contributed by atoms with van der Waals surface area (Å²) in [5.74, 6) is -0.500. The highest BCUT2D eigenvalue weighted by atomic mass is 35.5. The van der Waals surface area contributed by atoms with Crippen LogP contribution in [0.1, 0.15) is 24.8 Å². The van der Waals surface area contributed by atoms with Gasteiger partial charge in [0.1, 0.15) is 17.5 Å². The van der Waals surface area contributed by atoms with Gasteiger partial charge in [-0.05, 0) is 17.7 Å². The van der Waals surface area contributed by atoms with Gasteiger partial charge < -0.3 is 0 Å². The van der Waals surface area contributed by atoms with Gasteiger partial charge in [0.25, 0.3) is 0 Å². The summed E-state index contributed by atoms with van der Waals surface area (Å²) in [6.07, 6.45) is 0.403. The summed E-state index contributed by atoms with van der Waals surface area (Å²) < 4.78 is 43.3. The molecule has 9 heteroatoms. The number of hydrogen-bond donors (Lipinski definition) is 1. The zero-order chi connectivity index (χ0) is 16.8. The maximum atomic E-state index is 13.9. The van der Waals surface area contributed by atoms with Crippen LogP contribution in [0.2, 0.25) is 5.02 Å². The molecule has 0 radical (unpaired) electrons. The lowest BCUT2D eigenvalue weighted by molar-refractivity contribution is 0.0618. The van der Waals surface area contributed by atoms with Gasteiger partial charge in [0, 0.05) is 24.6 Å². The molecular weight excluding hydrogens is 350 g/mol. The lowest BCUT2D eigenvalue weighted by Gasteiger charge is -2.12. The number of nitrogens with zero attached hydrogens (tertiary/aromatic N) is 1. The molecule has 1 aliphatic rings. The lowest BCUT2D eigenvalue weighted by Crippen LogP contribution is -2.24. The smallest absolute Gasteiger partial charge is 0.155 e. The van der Waals surface area contributed by atoms with E-state index in [1.54, 1.807) is 6.92 Å². The topological polar surface area (TPSA) is 59.9 Å². The third-order valence-electron chi connectivity index (χ3n) is 3.25. The van der Waals surface area contributed by atoms with E-state index in [0.717, 1.165) is 12.1 Å². The second-order valence-corrected chi connectivity index (χ2v) is 6.67. The van der Waals surface area contributed by atoms with Crippen molar-refractivity contribution in [2.45, 2.75) is 19.3 Å². The minimum Gasteiger partial charge on any atom is -0.288 e. The fourth-order valence-electron chi connectivity index (χ4n) is 2.10. The number of halogens is 3. The molecule has 128 valence electrons. The van der Waals surface area contributed by atoms with Crippen LogP contribution in [0.5, 0.6) is 0 Å². The first-order valence-electron chi connectivity index (χ1n) is 7.08. The summed E-state index contributed by atoms with van der Waals surface area (Å²) in [6.45, 7) is 2.46. The molecule has 0 fully saturated rings. The molecular formula is C14H17ClF2N2O3S. The zero-order valence-electron chi connectivity index (χ0n) is 12.5. The van der Waals surface area contributed by atoms with Crippen LogP contribution >= 0.6 is 11.6 Å². The summed E-state index contributed by atoms with van der Waals surface area (Å²) in [4.78, 5) is 9.33. The molecule has 1 heterocycles. The summed E-state index contributed by atoms with van der Waals surface area (Å²) in [5.41, 5.74) is 2.89. The maximum Gasteiger partial charge on any atom is 0.155 e. The molecule has 5 nitrogen and oxygen atoms in total. The number of hydrogen-bond acceptors (Lipinski definition) is 5. The molecule has 0 amide bonds. The Morgan fingerprint density at radius 1 is 1.39 bits per heavy atom. The van der Waals surface area contributed by atoms with Gasteiger partial charge in [-0.25, -0.2) is 13.0 Å². The van der Waals surface area contributed by atoms with E-state index in [2.05, 4.69) is 10.5 Å². The molecule has 1 N–H and O–H groups in total. The Hall–Kier alpha value is -1.09. The predicted octanol–water partition coefficient (Wildman–Crippen LogP) is 2.73. The highest BCUT2D eigenvalue weighted by Crippen LogP contribution is 2.30. The number of amidine groups is 1. The lowest BCUT2D eigenvalue weighted by atomic mass is 9.97. The van der Waals surface area contributed by atoms with E-state index >= 15 is 0 Å². The van der Waals surface area contributed by atoms with Gasteiger partial charge in [-0.2, -0.15) is 0 Å². The van der Waals surface area contributed by atoms with Crippen LogP contribution in [0.25, 0.3) is 0 Å². The Labute approximate surface area is 140 Å². The number of nitrogens with one attached hydrogen (secondary N) is 1. The van der Waals surface area contributed by atoms with Crippen LogP contribution in [0, 0.1) is 11.6 Å². The fourth-order valence-corrected chi connectivity index (χ4v) is 2.67. The summed E-state index contributed by atoms with van der Waals surface area (Å²) in [6, 6.07) is 2.08.